The highest BCUT2D eigenvalue weighted by molar-refractivity contribution is 7.93. The topological polar surface area (TPSA) is 108 Å². The molecule has 0 saturated heterocycles. The number of esters is 2. The van der Waals surface area contributed by atoms with E-state index in [1.165, 1.54) is 14.2 Å². The van der Waals surface area contributed by atoms with Gasteiger partial charge in [0.2, 0.25) is 0 Å². The van der Waals surface area contributed by atoms with Gasteiger partial charge in [-0.1, -0.05) is 60.2 Å². The Hall–Kier alpha value is -4.57. The van der Waals surface area contributed by atoms with Crippen molar-refractivity contribution in [2.45, 2.75) is 31.6 Å². The molecular weight excluding hydrogens is 570 g/mol. The third kappa shape index (κ3) is 6.59. The second-order valence-electron chi connectivity index (χ2n) is 10.1. The Balaban J connectivity index is 1.89. The number of methoxy groups -OCH3 is 3. The van der Waals surface area contributed by atoms with Crippen molar-refractivity contribution in [3.63, 3.8) is 0 Å². The summed E-state index contributed by atoms with van der Waals surface area (Å²) in [4.78, 5) is 25.7. The van der Waals surface area contributed by atoms with Crippen LogP contribution in [0.3, 0.4) is 0 Å². The molecule has 43 heavy (non-hydrogen) atoms. The number of ether oxygens (including phenoxy) is 4. The molecule has 1 unspecified atom stereocenters. The molecular formula is C33H35NO8S. The number of aryl methyl sites for hydroxylation is 3. The minimum atomic E-state index is -4.30. The van der Waals surface area contributed by atoms with E-state index in [0.717, 1.165) is 15.3 Å². The van der Waals surface area contributed by atoms with E-state index >= 15 is 0 Å². The van der Waals surface area contributed by atoms with Crippen LogP contribution in [0.2, 0.25) is 0 Å². The van der Waals surface area contributed by atoms with Crippen molar-refractivity contribution in [1.29, 1.82) is 0 Å². The quantitative estimate of drug-likeness (QED) is 0.207. The molecule has 1 atom stereocenters. The average Bonchev–Trinajstić information content (AvgIpc) is 2.99. The van der Waals surface area contributed by atoms with Gasteiger partial charge < -0.3 is 18.9 Å². The van der Waals surface area contributed by atoms with Crippen LogP contribution in [0.1, 0.15) is 28.2 Å². The molecule has 0 N–H and O–H groups in total. The number of carbonyl (C=O) groups is 2. The van der Waals surface area contributed by atoms with Crippen LogP contribution in [-0.2, 0) is 29.1 Å². The maximum Gasteiger partial charge on any atom is 0.326 e. The van der Waals surface area contributed by atoms with Crippen molar-refractivity contribution in [2.24, 2.45) is 0 Å². The van der Waals surface area contributed by atoms with Gasteiger partial charge in [-0.25, -0.2) is 8.42 Å². The van der Waals surface area contributed by atoms with Gasteiger partial charge in [-0.05, 0) is 61.0 Å². The van der Waals surface area contributed by atoms with Gasteiger partial charge in [-0.2, -0.15) is 0 Å². The molecule has 0 aromatic heterocycles. The Morgan fingerprint density at radius 2 is 1.49 bits per heavy atom. The number of hydrogen-bond donors (Lipinski definition) is 0. The molecule has 0 fully saturated rings. The van der Waals surface area contributed by atoms with Crippen molar-refractivity contribution >= 4 is 38.4 Å². The summed E-state index contributed by atoms with van der Waals surface area (Å²) in [5.74, 6) is -1.31. The van der Waals surface area contributed by atoms with E-state index in [0.29, 0.717) is 27.8 Å². The fourth-order valence-corrected chi connectivity index (χ4v) is 7.02. The molecule has 9 nitrogen and oxygen atoms in total. The van der Waals surface area contributed by atoms with Crippen LogP contribution in [0.5, 0.6) is 11.5 Å². The first-order chi connectivity index (χ1) is 20.5. The largest absolute Gasteiger partial charge is 0.497 e. The summed E-state index contributed by atoms with van der Waals surface area (Å²) in [6, 6.07) is 21.2. The zero-order valence-corrected chi connectivity index (χ0v) is 25.9. The van der Waals surface area contributed by atoms with Gasteiger partial charge in [-0.15, -0.1) is 0 Å². The molecule has 0 spiro atoms. The second kappa shape index (κ2) is 13.2. The van der Waals surface area contributed by atoms with Crippen molar-refractivity contribution in [3.05, 3.63) is 95.1 Å². The molecule has 226 valence electrons. The molecule has 4 aromatic rings. The van der Waals surface area contributed by atoms with Crippen molar-refractivity contribution in [2.75, 3.05) is 38.8 Å². The lowest BCUT2D eigenvalue weighted by molar-refractivity contribution is -0.143. The molecule has 0 aliphatic carbocycles. The van der Waals surface area contributed by atoms with Crippen LogP contribution in [0.4, 0.5) is 5.69 Å². The van der Waals surface area contributed by atoms with Crippen LogP contribution in [0.15, 0.2) is 77.7 Å². The number of rotatable bonds is 11. The summed E-state index contributed by atoms with van der Waals surface area (Å²) < 4.78 is 51.3. The van der Waals surface area contributed by atoms with Crippen molar-refractivity contribution in [3.8, 4) is 11.5 Å². The van der Waals surface area contributed by atoms with Gasteiger partial charge in [0.1, 0.15) is 24.8 Å². The van der Waals surface area contributed by atoms with E-state index in [4.69, 9.17) is 18.9 Å². The number of sulfonamides is 1. The maximum atomic E-state index is 14.4. The predicted molar refractivity (Wildman–Crippen MR) is 164 cm³/mol. The van der Waals surface area contributed by atoms with Gasteiger partial charge >= 0.3 is 11.9 Å². The second-order valence-corrected chi connectivity index (χ2v) is 11.9. The first kappa shape index (κ1) is 31.4. The van der Waals surface area contributed by atoms with Crippen molar-refractivity contribution < 1.29 is 37.0 Å². The van der Waals surface area contributed by atoms with Gasteiger partial charge in [0.25, 0.3) is 10.0 Å². The molecule has 0 aliphatic heterocycles. The van der Waals surface area contributed by atoms with Crippen LogP contribution < -0.4 is 13.8 Å². The minimum Gasteiger partial charge on any atom is -0.497 e. The zero-order chi connectivity index (χ0) is 31.3. The van der Waals surface area contributed by atoms with E-state index in [-0.39, 0.29) is 22.9 Å². The Kier molecular flexibility index (Phi) is 9.60. The highest BCUT2D eigenvalue weighted by atomic mass is 32.2. The van der Waals surface area contributed by atoms with E-state index < -0.39 is 34.4 Å². The Morgan fingerprint density at radius 3 is 2.09 bits per heavy atom. The third-order valence-electron chi connectivity index (χ3n) is 7.18. The van der Waals surface area contributed by atoms with Crippen LogP contribution in [0, 0.1) is 20.8 Å². The average molecular weight is 606 g/mol. The Bertz CT molecular complexity index is 1730. The van der Waals surface area contributed by atoms with Crippen LogP contribution >= 0.6 is 0 Å². The lowest BCUT2D eigenvalue weighted by atomic mass is 10.00. The van der Waals surface area contributed by atoms with E-state index in [1.54, 1.807) is 81.6 Å². The highest BCUT2D eigenvalue weighted by Crippen LogP contribution is 2.40. The number of benzene rings is 4. The lowest BCUT2D eigenvalue weighted by Gasteiger charge is -2.28. The normalized spacial score (nSPS) is 12.0. The number of nitrogens with zero attached hydrogens (tertiary/aromatic N) is 1. The molecule has 4 rings (SSSR count). The van der Waals surface area contributed by atoms with Crippen LogP contribution in [-0.4, -0.2) is 54.8 Å². The summed E-state index contributed by atoms with van der Waals surface area (Å²) in [7, 11) is -0.265. The standard InChI is InChI=1S/C33H35NO8S/c1-21-17-22(2)32(23(3)18-21)43(37,38)34(19-30(35)40-5)29-16-13-24-9-7-8-10-27(24)31(29)42-20-28(33(36)41-6)25-11-14-26(39-4)15-12-25/h7-18,28H,19-20H2,1-6H3. The molecule has 0 bridgehead atoms. The minimum absolute atomic E-state index is 0.0896. The molecule has 0 heterocycles. The molecule has 0 saturated carbocycles. The molecule has 0 radical (unpaired) electrons. The highest BCUT2D eigenvalue weighted by Gasteiger charge is 2.33. The van der Waals surface area contributed by atoms with E-state index in [1.807, 2.05) is 19.1 Å². The zero-order valence-electron chi connectivity index (χ0n) is 25.0. The fraction of sp³-hybridized carbons (Fsp3) is 0.273. The van der Waals surface area contributed by atoms with Crippen LogP contribution in [0.25, 0.3) is 10.8 Å². The Labute approximate surface area is 252 Å². The Morgan fingerprint density at radius 1 is 0.837 bits per heavy atom. The summed E-state index contributed by atoms with van der Waals surface area (Å²) in [6.45, 7) is 4.56. The fourth-order valence-electron chi connectivity index (χ4n) is 5.19. The van der Waals surface area contributed by atoms with Gasteiger partial charge in [-0.3, -0.25) is 13.9 Å². The lowest BCUT2D eigenvalue weighted by Crippen LogP contribution is -2.37. The summed E-state index contributed by atoms with van der Waals surface area (Å²) in [5, 5.41) is 1.37. The molecule has 0 aliphatic rings. The SMILES string of the molecule is COC(=O)CN(c1ccc2ccccc2c1OCC(C(=O)OC)c1ccc(OC)cc1)S(=O)(=O)c1c(C)cc(C)cc1C. The summed E-state index contributed by atoms with van der Waals surface area (Å²) >= 11 is 0. The van der Waals surface area contributed by atoms with Crippen molar-refractivity contribution in [1.82, 2.24) is 0 Å². The summed E-state index contributed by atoms with van der Waals surface area (Å²) in [6.07, 6.45) is 0. The number of hydrogen-bond acceptors (Lipinski definition) is 8. The monoisotopic (exact) mass is 605 g/mol. The molecule has 0 amide bonds. The summed E-state index contributed by atoms with van der Waals surface area (Å²) in [5.41, 5.74) is 2.75. The molecule has 10 heteroatoms. The maximum absolute atomic E-state index is 14.4. The van der Waals surface area contributed by atoms with E-state index in [9.17, 15) is 18.0 Å². The first-order valence-corrected chi connectivity index (χ1v) is 15.0. The third-order valence-corrected chi connectivity index (χ3v) is 9.24. The molecule has 4 aromatic carbocycles. The number of carbonyl (C=O) groups excluding carboxylic acids is 2. The van der Waals surface area contributed by atoms with E-state index in [2.05, 4.69) is 0 Å². The van der Waals surface area contributed by atoms with Gasteiger partial charge in [0, 0.05) is 5.39 Å². The smallest absolute Gasteiger partial charge is 0.326 e. The number of fused-ring (bicyclic) bond motifs is 1. The number of anilines is 1. The van der Waals surface area contributed by atoms with Gasteiger partial charge in [0.15, 0.2) is 5.75 Å². The predicted octanol–water partition coefficient (Wildman–Crippen LogP) is 5.48. The first-order valence-electron chi connectivity index (χ1n) is 13.6. The van der Waals surface area contributed by atoms with Gasteiger partial charge in [0.05, 0.1) is 31.9 Å².